The molecule has 0 amide bonds. The van der Waals surface area contributed by atoms with E-state index in [1.807, 2.05) is 0 Å². The van der Waals surface area contributed by atoms with E-state index >= 15 is 0 Å². The zero-order valence-electron chi connectivity index (χ0n) is 11.5. The standard InChI is InChI=1S/C14H28N2S/c1-12(11-16-8-4-3-5-9-16)15-14-7-6-10-17-13(14)2/h12-15H,3-11H2,1-2H3. The van der Waals surface area contributed by atoms with Gasteiger partial charge in [-0.2, -0.15) is 11.8 Å². The maximum absolute atomic E-state index is 3.85. The van der Waals surface area contributed by atoms with E-state index in [1.54, 1.807) is 0 Å². The molecule has 0 spiro atoms. The molecule has 2 nitrogen and oxygen atoms in total. The highest BCUT2D eigenvalue weighted by atomic mass is 32.2. The molecule has 0 aliphatic carbocycles. The van der Waals surface area contributed by atoms with Crippen LogP contribution in [-0.4, -0.2) is 47.6 Å². The summed E-state index contributed by atoms with van der Waals surface area (Å²) in [6.07, 6.45) is 7.01. The van der Waals surface area contributed by atoms with Crippen molar-refractivity contribution >= 4 is 11.8 Å². The van der Waals surface area contributed by atoms with Crippen molar-refractivity contribution in [3.8, 4) is 0 Å². The van der Waals surface area contributed by atoms with Crippen molar-refractivity contribution in [2.75, 3.05) is 25.4 Å². The fourth-order valence-corrected chi connectivity index (χ4v) is 4.24. The summed E-state index contributed by atoms with van der Waals surface area (Å²) in [5, 5.41) is 4.65. The van der Waals surface area contributed by atoms with Gasteiger partial charge in [0.05, 0.1) is 0 Å². The molecule has 0 aromatic rings. The lowest BCUT2D eigenvalue weighted by atomic mass is 10.1. The van der Waals surface area contributed by atoms with E-state index in [4.69, 9.17) is 0 Å². The number of likely N-dealkylation sites (tertiary alicyclic amines) is 1. The maximum Gasteiger partial charge on any atom is 0.0187 e. The number of thioether (sulfide) groups is 1. The normalized spacial score (nSPS) is 33.5. The van der Waals surface area contributed by atoms with Crippen LogP contribution < -0.4 is 5.32 Å². The summed E-state index contributed by atoms with van der Waals surface area (Å²) in [4.78, 5) is 2.64. The smallest absolute Gasteiger partial charge is 0.0187 e. The van der Waals surface area contributed by atoms with Crippen molar-refractivity contribution in [1.29, 1.82) is 0 Å². The first-order valence-electron chi connectivity index (χ1n) is 7.35. The van der Waals surface area contributed by atoms with Crippen molar-refractivity contribution in [2.45, 2.75) is 63.3 Å². The van der Waals surface area contributed by atoms with E-state index in [-0.39, 0.29) is 0 Å². The third kappa shape index (κ3) is 4.46. The number of hydrogen-bond donors (Lipinski definition) is 1. The maximum atomic E-state index is 3.85. The highest BCUT2D eigenvalue weighted by Crippen LogP contribution is 2.25. The highest BCUT2D eigenvalue weighted by Gasteiger charge is 2.23. The molecule has 2 aliphatic rings. The molecule has 2 fully saturated rings. The Hall–Kier alpha value is 0.270. The zero-order valence-corrected chi connectivity index (χ0v) is 12.3. The minimum atomic E-state index is 0.652. The third-order valence-corrected chi connectivity index (χ3v) is 5.46. The molecular weight excluding hydrogens is 228 g/mol. The second kappa shape index (κ2) is 7.01. The largest absolute Gasteiger partial charge is 0.309 e. The predicted octanol–water partition coefficient (Wildman–Crippen LogP) is 2.73. The Morgan fingerprint density at radius 3 is 2.71 bits per heavy atom. The lowest BCUT2D eigenvalue weighted by Crippen LogP contribution is -2.49. The molecule has 0 aromatic heterocycles. The summed E-state index contributed by atoms with van der Waals surface area (Å²) in [5.41, 5.74) is 0. The molecule has 2 aliphatic heterocycles. The topological polar surface area (TPSA) is 15.3 Å². The van der Waals surface area contributed by atoms with Crippen LogP contribution in [0.2, 0.25) is 0 Å². The average Bonchev–Trinajstić information content (AvgIpc) is 2.33. The van der Waals surface area contributed by atoms with E-state index in [0.29, 0.717) is 6.04 Å². The van der Waals surface area contributed by atoms with E-state index in [2.05, 4.69) is 35.8 Å². The highest BCUT2D eigenvalue weighted by molar-refractivity contribution is 7.99. The molecule has 2 rings (SSSR count). The summed E-state index contributed by atoms with van der Waals surface area (Å²) in [6, 6.07) is 1.40. The molecule has 0 radical (unpaired) electrons. The summed E-state index contributed by atoms with van der Waals surface area (Å²) < 4.78 is 0. The summed E-state index contributed by atoms with van der Waals surface area (Å²) >= 11 is 2.14. The fraction of sp³-hybridized carbons (Fsp3) is 1.00. The van der Waals surface area contributed by atoms with Gasteiger partial charge < -0.3 is 10.2 Å². The van der Waals surface area contributed by atoms with Crippen molar-refractivity contribution < 1.29 is 0 Å². The van der Waals surface area contributed by atoms with Crippen molar-refractivity contribution in [2.24, 2.45) is 0 Å². The van der Waals surface area contributed by atoms with Crippen LogP contribution in [0.4, 0.5) is 0 Å². The fourth-order valence-electron chi connectivity index (χ4n) is 3.09. The summed E-state index contributed by atoms with van der Waals surface area (Å²) in [7, 11) is 0. The van der Waals surface area contributed by atoms with Gasteiger partial charge in [0, 0.05) is 23.9 Å². The number of hydrogen-bond acceptors (Lipinski definition) is 3. The lowest BCUT2D eigenvalue weighted by Gasteiger charge is -2.35. The van der Waals surface area contributed by atoms with Gasteiger partial charge >= 0.3 is 0 Å². The van der Waals surface area contributed by atoms with Crippen LogP contribution in [-0.2, 0) is 0 Å². The Labute approximate surface area is 111 Å². The molecule has 1 N–H and O–H groups in total. The van der Waals surface area contributed by atoms with Gasteiger partial charge in [-0.15, -0.1) is 0 Å². The van der Waals surface area contributed by atoms with Crippen LogP contribution >= 0.6 is 11.8 Å². The van der Waals surface area contributed by atoms with Crippen LogP contribution in [0.3, 0.4) is 0 Å². The minimum Gasteiger partial charge on any atom is -0.309 e. The monoisotopic (exact) mass is 256 g/mol. The van der Waals surface area contributed by atoms with Crippen molar-refractivity contribution in [1.82, 2.24) is 10.2 Å². The SMILES string of the molecule is CC(CN1CCCCC1)NC1CCCSC1C. The van der Waals surface area contributed by atoms with Crippen LogP contribution in [0.25, 0.3) is 0 Å². The van der Waals surface area contributed by atoms with Gasteiger partial charge in [0.1, 0.15) is 0 Å². The van der Waals surface area contributed by atoms with Gasteiger partial charge in [0.15, 0.2) is 0 Å². The van der Waals surface area contributed by atoms with E-state index in [9.17, 15) is 0 Å². The van der Waals surface area contributed by atoms with Gasteiger partial charge in [-0.3, -0.25) is 0 Å². The quantitative estimate of drug-likeness (QED) is 0.832. The number of nitrogens with zero attached hydrogens (tertiary/aromatic N) is 1. The Balaban J connectivity index is 1.70. The van der Waals surface area contributed by atoms with Crippen LogP contribution in [0.5, 0.6) is 0 Å². The van der Waals surface area contributed by atoms with Gasteiger partial charge in [-0.1, -0.05) is 13.3 Å². The molecule has 100 valence electrons. The first kappa shape index (κ1) is 13.7. The van der Waals surface area contributed by atoms with E-state index in [1.165, 1.54) is 57.5 Å². The molecule has 2 saturated heterocycles. The predicted molar refractivity (Wildman–Crippen MR) is 77.8 cm³/mol. The average molecular weight is 256 g/mol. The molecule has 3 unspecified atom stereocenters. The molecule has 17 heavy (non-hydrogen) atoms. The van der Waals surface area contributed by atoms with Gasteiger partial charge in [-0.05, 0) is 51.4 Å². The summed E-state index contributed by atoms with van der Waals surface area (Å²) in [6.45, 7) is 8.63. The second-order valence-corrected chi connectivity index (χ2v) is 7.24. The van der Waals surface area contributed by atoms with Crippen LogP contribution in [0.15, 0.2) is 0 Å². The molecule has 0 saturated carbocycles. The molecule has 3 heteroatoms. The molecule has 0 aromatic carbocycles. The Morgan fingerprint density at radius 1 is 1.24 bits per heavy atom. The van der Waals surface area contributed by atoms with Gasteiger partial charge in [0.25, 0.3) is 0 Å². The van der Waals surface area contributed by atoms with E-state index in [0.717, 1.165) is 11.3 Å². The Morgan fingerprint density at radius 2 is 2.00 bits per heavy atom. The van der Waals surface area contributed by atoms with Crippen LogP contribution in [0.1, 0.15) is 46.0 Å². The minimum absolute atomic E-state index is 0.652. The first-order chi connectivity index (χ1) is 8.25. The zero-order chi connectivity index (χ0) is 12.1. The van der Waals surface area contributed by atoms with Gasteiger partial charge in [-0.25, -0.2) is 0 Å². The number of piperidine rings is 1. The lowest BCUT2D eigenvalue weighted by molar-refractivity contribution is 0.202. The Kier molecular flexibility index (Phi) is 5.64. The van der Waals surface area contributed by atoms with Crippen molar-refractivity contribution in [3.05, 3.63) is 0 Å². The second-order valence-electron chi connectivity index (χ2n) is 5.75. The van der Waals surface area contributed by atoms with Crippen LogP contribution in [0, 0.1) is 0 Å². The third-order valence-electron chi connectivity index (χ3n) is 4.09. The molecule has 2 heterocycles. The molecule has 0 bridgehead atoms. The Bertz CT molecular complexity index is 216. The summed E-state index contributed by atoms with van der Waals surface area (Å²) in [5.74, 6) is 1.36. The number of nitrogens with one attached hydrogen (secondary N) is 1. The number of rotatable bonds is 4. The van der Waals surface area contributed by atoms with Crippen molar-refractivity contribution in [3.63, 3.8) is 0 Å². The first-order valence-corrected chi connectivity index (χ1v) is 8.40. The van der Waals surface area contributed by atoms with Gasteiger partial charge in [0.2, 0.25) is 0 Å². The molecular formula is C14H28N2S. The van der Waals surface area contributed by atoms with E-state index < -0.39 is 0 Å². The molecule has 3 atom stereocenters.